The topological polar surface area (TPSA) is 90.0 Å². The molecule has 2 fully saturated rings. The third kappa shape index (κ3) is 6.33. The fourth-order valence-electron chi connectivity index (χ4n) is 6.39. The van der Waals surface area contributed by atoms with Crippen LogP contribution in [-0.2, 0) is 21.4 Å². The molecule has 0 saturated carbocycles. The molecule has 1 atom stereocenters. The molecule has 2 aliphatic rings. The number of piperazine rings is 1. The lowest BCUT2D eigenvalue weighted by molar-refractivity contribution is -0.141. The fourth-order valence-corrected chi connectivity index (χ4v) is 8.06. The predicted octanol–water partition coefficient (Wildman–Crippen LogP) is 4.98. The molecule has 3 aromatic carbocycles. The second-order valence-electron chi connectivity index (χ2n) is 11.9. The highest BCUT2D eigenvalue weighted by Crippen LogP contribution is 2.31. The second-order valence-corrected chi connectivity index (χ2v) is 13.5. The minimum Gasteiger partial charge on any atom is -0.337 e. The van der Waals surface area contributed by atoms with Crippen LogP contribution in [0.25, 0.3) is 0 Å². The summed E-state index contributed by atoms with van der Waals surface area (Å²) in [5.74, 6) is 0.0838. The molecule has 0 aliphatic carbocycles. The van der Waals surface area contributed by atoms with Crippen LogP contribution in [-0.4, -0.2) is 73.7 Å². The number of rotatable bonds is 7. The van der Waals surface area contributed by atoms with Gasteiger partial charge in [0.05, 0.1) is 10.9 Å². The Hall–Kier alpha value is -3.69. The number of likely N-dealkylation sites (tertiary alicyclic amines) is 1. The number of carbonyl (C=O) groups excluding carboxylic acids is 2. The first kappa shape index (κ1) is 30.8. The molecule has 0 spiro atoms. The summed E-state index contributed by atoms with van der Waals surface area (Å²) < 4.78 is 29.5. The van der Waals surface area contributed by atoms with Crippen molar-refractivity contribution in [3.05, 3.63) is 93.5 Å². The molecule has 1 unspecified atom stereocenters. The first-order valence-electron chi connectivity index (χ1n) is 15.0. The standard InChI is InChI=1S/C34H42N4O4S/c1-23-24(2)26(4)32(27(5)25(23)3)43(41,42)35-30-15-13-29(14-16-30)33(39)37-20-18-36(19-21-37)31-12-9-17-38(34(31)40)22-28-10-7-6-8-11-28/h6-8,10-11,13-16,31,35H,9,12,17-22H2,1-5H3. The molecule has 2 saturated heterocycles. The van der Waals surface area contributed by atoms with Crippen molar-refractivity contribution < 1.29 is 18.0 Å². The van der Waals surface area contributed by atoms with E-state index in [1.54, 1.807) is 24.3 Å². The predicted molar refractivity (Wildman–Crippen MR) is 170 cm³/mol. The molecule has 2 heterocycles. The first-order valence-corrected chi connectivity index (χ1v) is 16.5. The molecule has 3 aromatic rings. The Balaban J connectivity index is 1.19. The normalized spacial score (nSPS) is 18.2. The Morgan fingerprint density at radius 3 is 1.98 bits per heavy atom. The molecule has 8 nitrogen and oxygen atoms in total. The molecule has 0 aromatic heterocycles. The van der Waals surface area contributed by atoms with Gasteiger partial charge < -0.3 is 9.80 Å². The van der Waals surface area contributed by atoms with Crippen LogP contribution in [0.2, 0.25) is 0 Å². The maximum absolute atomic E-state index is 13.4. The minimum atomic E-state index is -3.82. The number of piperidine rings is 1. The molecular formula is C34H42N4O4S. The fraction of sp³-hybridized carbons (Fsp3) is 0.412. The zero-order valence-corrected chi connectivity index (χ0v) is 26.6. The maximum atomic E-state index is 13.4. The van der Waals surface area contributed by atoms with Crippen LogP contribution in [0.5, 0.6) is 0 Å². The Morgan fingerprint density at radius 2 is 1.37 bits per heavy atom. The molecule has 2 aliphatic heterocycles. The molecule has 0 bridgehead atoms. The van der Waals surface area contributed by atoms with Gasteiger partial charge >= 0.3 is 0 Å². The Kier molecular flexibility index (Phi) is 8.94. The summed E-state index contributed by atoms with van der Waals surface area (Å²) in [5, 5.41) is 0. The average molecular weight is 603 g/mol. The molecule has 5 rings (SSSR count). The van der Waals surface area contributed by atoms with Crippen LogP contribution in [0.1, 0.15) is 56.6 Å². The van der Waals surface area contributed by atoms with Gasteiger partial charge in [-0.1, -0.05) is 30.3 Å². The summed E-state index contributed by atoms with van der Waals surface area (Å²) in [4.78, 5) is 32.9. The van der Waals surface area contributed by atoms with Gasteiger partial charge in [-0.15, -0.1) is 0 Å². The van der Waals surface area contributed by atoms with Gasteiger partial charge in [-0.2, -0.15) is 0 Å². The van der Waals surface area contributed by atoms with Crippen molar-refractivity contribution in [1.29, 1.82) is 0 Å². The van der Waals surface area contributed by atoms with Crippen molar-refractivity contribution in [2.75, 3.05) is 37.4 Å². The summed E-state index contributed by atoms with van der Waals surface area (Å²) in [6.45, 7) is 13.4. The van der Waals surface area contributed by atoms with Crippen LogP contribution >= 0.6 is 0 Å². The number of carbonyl (C=O) groups is 2. The van der Waals surface area contributed by atoms with E-state index in [1.807, 2.05) is 62.6 Å². The number of nitrogens with zero attached hydrogens (tertiary/aromatic N) is 3. The summed E-state index contributed by atoms with van der Waals surface area (Å²) in [6, 6.07) is 16.6. The summed E-state index contributed by atoms with van der Waals surface area (Å²) >= 11 is 0. The maximum Gasteiger partial charge on any atom is 0.262 e. The van der Waals surface area contributed by atoms with E-state index in [0.717, 1.165) is 52.8 Å². The molecule has 1 N–H and O–H groups in total. The molecule has 0 radical (unpaired) electrons. The molecular weight excluding hydrogens is 560 g/mol. The second kappa shape index (κ2) is 12.5. The Bertz CT molecular complexity index is 1580. The number of hydrogen-bond acceptors (Lipinski definition) is 5. The lowest BCUT2D eigenvalue weighted by atomic mass is 9.95. The SMILES string of the molecule is Cc1c(C)c(C)c(S(=O)(=O)Nc2ccc(C(=O)N3CCN(C4CCCN(Cc5ccccc5)C4=O)CC3)cc2)c(C)c1C. The number of benzene rings is 3. The van der Waals surface area contributed by atoms with Gasteiger partial charge in [-0.25, -0.2) is 8.42 Å². The van der Waals surface area contributed by atoms with Crippen LogP contribution in [0.15, 0.2) is 59.5 Å². The number of nitrogens with one attached hydrogen (secondary N) is 1. The van der Waals surface area contributed by atoms with Crippen molar-refractivity contribution in [3.8, 4) is 0 Å². The highest BCUT2D eigenvalue weighted by Gasteiger charge is 2.35. The molecule has 9 heteroatoms. The lowest BCUT2D eigenvalue weighted by Gasteiger charge is -2.42. The summed E-state index contributed by atoms with van der Waals surface area (Å²) in [5.41, 5.74) is 6.60. The first-order chi connectivity index (χ1) is 20.5. The van der Waals surface area contributed by atoms with E-state index in [2.05, 4.69) is 21.8 Å². The highest BCUT2D eigenvalue weighted by molar-refractivity contribution is 7.92. The van der Waals surface area contributed by atoms with Crippen molar-refractivity contribution in [1.82, 2.24) is 14.7 Å². The zero-order chi connectivity index (χ0) is 30.9. The molecule has 228 valence electrons. The third-order valence-electron chi connectivity index (χ3n) is 9.34. The molecule has 2 amide bonds. The van der Waals surface area contributed by atoms with Crippen LogP contribution in [0.3, 0.4) is 0 Å². The van der Waals surface area contributed by atoms with E-state index in [-0.39, 0.29) is 17.9 Å². The van der Waals surface area contributed by atoms with Gasteiger partial charge in [0.2, 0.25) is 5.91 Å². The van der Waals surface area contributed by atoms with Crippen LogP contribution in [0, 0.1) is 34.6 Å². The van der Waals surface area contributed by atoms with E-state index in [9.17, 15) is 18.0 Å². The van der Waals surface area contributed by atoms with Crippen molar-refractivity contribution >= 4 is 27.5 Å². The third-order valence-corrected chi connectivity index (χ3v) is 11.0. The smallest absolute Gasteiger partial charge is 0.262 e. The van der Waals surface area contributed by atoms with E-state index >= 15 is 0 Å². The van der Waals surface area contributed by atoms with Gasteiger partial charge in [0.15, 0.2) is 0 Å². The monoisotopic (exact) mass is 602 g/mol. The Morgan fingerprint density at radius 1 is 0.791 bits per heavy atom. The number of anilines is 1. The average Bonchev–Trinajstić information content (AvgIpc) is 3.00. The van der Waals surface area contributed by atoms with E-state index < -0.39 is 10.0 Å². The van der Waals surface area contributed by atoms with E-state index in [0.29, 0.717) is 48.9 Å². The van der Waals surface area contributed by atoms with Gasteiger partial charge in [0.1, 0.15) is 0 Å². The molecule has 43 heavy (non-hydrogen) atoms. The van der Waals surface area contributed by atoms with Crippen molar-refractivity contribution in [2.45, 2.75) is 64.9 Å². The van der Waals surface area contributed by atoms with Crippen LogP contribution < -0.4 is 4.72 Å². The number of amides is 2. The quantitative estimate of drug-likeness (QED) is 0.412. The van der Waals surface area contributed by atoms with Gasteiger partial charge in [-0.05, 0) is 105 Å². The highest BCUT2D eigenvalue weighted by atomic mass is 32.2. The van der Waals surface area contributed by atoms with E-state index in [4.69, 9.17) is 0 Å². The van der Waals surface area contributed by atoms with Gasteiger partial charge in [-0.3, -0.25) is 19.2 Å². The van der Waals surface area contributed by atoms with Crippen molar-refractivity contribution in [3.63, 3.8) is 0 Å². The van der Waals surface area contributed by atoms with Crippen molar-refractivity contribution in [2.24, 2.45) is 0 Å². The zero-order valence-electron chi connectivity index (χ0n) is 25.8. The summed E-state index contributed by atoms with van der Waals surface area (Å²) in [6.07, 6.45) is 1.82. The van der Waals surface area contributed by atoms with Crippen LogP contribution in [0.4, 0.5) is 5.69 Å². The summed E-state index contributed by atoms with van der Waals surface area (Å²) in [7, 11) is -3.82. The van der Waals surface area contributed by atoms with E-state index in [1.165, 1.54) is 0 Å². The largest absolute Gasteiger partial charge is 0.337 e. The van der Waals surface area contributed by atoms with Gasteiger partial charge in [0, 0.05) is 50.5 Å². The Labute approximate surface area is 255 Å². The number of hydrogen-bond donors (Lipinski definition) is 1. The lowest BCUT2D eigenvalue weighted by Crippen LogP contribution is -2.58. The minimum absolute atomic E-state index is 0.0915. The van der Waals surface area contributed by atoms with Gasteiger partial charge in [0.25, 0.3) is 15.9 Å². The number of sulfonamides is 1.